The van der Waals surface area contributed by atoms with Crippen LogP contribution < -0.4 is 4.90 Å². The zero-order valence-electron chi connectivity index (χ0n) is 7.41. The first-order valence-corrected chi connectivity index (χ1v) is 5.28. The van der Waals surface area contributed by atoms with Crippen molar-refractivity contribution in [2.45, 2.75) is 0 Å². The normalized spacial score (nSPS) is 15.2. The van der Waals surface area contributed by atoms with Crippen LogP contribution in [-0.2, 0) is 9.59 Å². The molecule has 15 heavy (non-hydrogen) atoms. The second-order valence-corrected chi connectivity index (χ2v) is 4.12. The standard InChI is InChI=1S/C10H5BrClNO2/c11-10-6(12)2-1-3-7(10)13-8(14)4-5-9(13)15/h1-5H. The molecule has 0 aromatic heterocycles. The number of carbonyl (C=O) groups is 2. The number of hydrogen-bond donors (Lipinski definition) is 0. The fourth-order valence-electron chi connectivity index (χ4n) is 1.30. The van der Waals surface area contributed by atoms with E-state index in [1.807, 2.05) is 0 Å². The number of carbonyl (C=O) groups excluding carboxylic acids is 2. The van der Waals surface area contributed by atoms with E-state index in [-0.39, 0.29) is 11.8 Å². The molecule has 0 unspecified atom stereocenters. The molecule has 76 valence electrons. The van der Waals surface area contributed by atoms with Crippen molar-refractivity contribution in [2.75, 3.05) is 4.90 Å². The molecule has 1 aromatic rings. The number of benzene rings is 1. The minimum Gasteiger partial charge on any atom is -0.269 e. The highest BCUT2D eigenvalue weighted by molar-refractivity contribution is 9.10. The van der Waals surface area contributed by atoms with Gasteiger partial charge in [-0.05, 0) is 28.1 Å². The Labute approximate surface area is 99.4 Å². The number of nitrogens with zero attached hydrogens (tertiary/aromatic N) is 1. The average molecular weight is 287 g/mol. The van der Waals surface area contributed by atoms with Gasteiger partial charge in [-0.15, -0.1) is 0 Å². The summed E-state index contributed by atoms with van der Waals surface area (Å²) in [6.07, 6.45) is 2.46. The predicted octanol–water partition coefficient (Wildman–Crippen LogP) is 2.53. The highest BCUT2D eigenvalue weighted by Gasteiger charge is 2.27. The summed E-state index contributed by atoms with van der Waals surface area (Å²) >= 11 is 9.11. The topological polar surface area (TPSA) is 37.4 Å². The van der Waals surface area contributed by atoms with Crippen LogP contribution in [0.5, 0.6) is 0 Å². The van der Waals surface area contributed by atoms with Crippen molar-refractivity contribution in [2.24, 2.45) is 0 Å². The van der Waals surface area contributed by atoms with E-state index in [4.69, 9.17) is 11.6 Å². The lowest BCUT2D eigenvalue weighted by Crippen LogP contribution is -2.29. The summed E-state index contributed by atoms with van der Waals surface area (Å²) in [4.78, 5) is 23.9. The molecule has 0 saturated carbocycles. The zero-order valence-corrected chi connectivity index (χ0v) is 9.75. The molecule has 1 aliphatic heterocycles. The molecule has 1 heterocycles. The fourth-order valence-corrected chi connectivity index (χ4v) is 1.91. The highest BCUT2D eigenvalue weighted by atomic mass is 79.9. The summed E-state index contributed by atoms with van der Waals surface area (Å²) in [5, 5.41) is 0.458. The van der Waals surface area contributed by atoms with E-state index in [9.17, 15) is 9.59 Å². The first kappa shape index (κ1) is 10.4. The van der Waals surface area contributed by atoms with E-state index in [2.05, 4.69) is 15.9 Å². The quantitative estimate of drug-likeness (QED) is 0.744. The van der Waals surface area contributed by atoms with E-state index >= 15 is 0 Å². The van der Waals surface area contributed by atoms with Crippen LogP contribution in [0, 0.1) is 0 Å². The van der Waals surface area contributed by atoms with E-state index in [0.717, 1.165) is 4.90 Å². The first-order valence-electron chi connectivity index (χ1n) is 4.11. The van der Waals surface area contributed by atoms with Crippen LogP contribution in [0.3, 0.4) is 0 Å². The molecule has 0 N–H and O–H groups in total. The number of amides is 2. The van der Waals surface area contributed by atoms with Crippen LogP contribution in [0.4, 0.5) is 5.69 Å². The van der Waals surface area contributed by atoms with E-state index in [0.29, 0.717) is 15.2 Å². The molecule has 1 aromatic carbocycles. The van der Waals surface area contributed by atoms with Gasteiger partial charge in [0.05, 0.1) is 15.2 Å². The molecule has 0 saturated heterocycles. The monoisotopic (exact) mass is 285 g/mol. The summed E-state index contributed by atoms with van der Waals surface area (Å²) in [5.41, 5.74) is 0.461. The Morgan fingerprint density at radius 1 is 1.13 bits per heavy atom. The van der Waals surface area contributed by atoms with Crippen molar-refractivity contribution < 1.29 is 9.59 Å². The Bertz CT molecular complexity index is 466. The van der Waals surface area contributed by atoms with Crippen LogP contribution in [0.2, 0.25) is 5.02 Å². The lowest BCUT2D eigenvalue weighted by molar-refractivity contribution is -0.119. The largest absolute Gasteiger partial charge is 0.269 e. The van der Waals surface area contributed by atoms with Crippen LogP contribution >= 0.6 is 27.5 Å². The molecule has 0 aliphatic carbocycles. The van der Waals surface area contributed by atoms with E-state index in [1.165, 1.54) is 12.2 Å². The third-order valence-corrected chi connectivity index (χ3v) is 3.36. The second kappa shape index (κ2) is 3.79. The van der Waals surface area contributed by atoms with Crippen LogP contribution in [0.1, 0.15) is 0 Å². The molecule has 2 amide bonds. The Morgan fingerprint density at radius 3 is 2.33 bits per heavy atom. The van der Waals surface area contributed by atoms with Gasteiger partial charge in [0, 0.05) is 12.2 Å². The molecule has 5 heteroatoms. The smallest absolute Gasteiger partial charge is 0.258 e. The Kier molecular flexibility index (Phi) is 2.63. The molecular formula is C10H5BrClNO2. The van der Waals surface area contributed by atoms with Crippen molar-refractivity contribution in [1.29, 1.82) is 0 Å². The number of imide groups is 1. The van der Waals surface area contributed by atoms with E-state index in [1.54, 1.807) is 18.2 Å². The molecule has 0 atom stereocenters. The van der Waals surface area contributed by atoms with Gasteiger partial charge in [-0.3, -0.25) is 9.59 Å². The third-order valence-electron chi connectivity index (χ3n) is 1.98. The average Bonchev–Trinajstić information content (AvgIpc) is 2.52. The summed E-state index contributed by atoms with van der Waals surface area (Å²) in [5.74, 6) is -0.717. The third kappa shape index (κ3) is 1.70. The van der Waals surface area contributed by atoms with Gasteiger partial charge in [0.2, 0.25) is 0 Å². The van der Waals surface area contributed by atoms with Gasteiger partial charge in [-0.25, -0.2) is 4.90 Å². The lowest BCUT2D eigenvalue weighted by atomic mass is 10.3. The summed E-state index contributed by atoms with van der Waals surface area (Å²) < 4.78 is 0.539. The van der Waals surface area contributed by atoms with E-state index < -0.39 is 0 Å². The minimum atomic E-state index is -0.358. The number of halogens is 2. The molecule has 0 fully saturated rings. The maximum absolute atomic E-state index is 11.4. The van der Waals surface area contributed by atoms with Gasteiger partial charge >= 0.3 is 0 Å². The SMILES string of the molecule is O=C1C=CC(=O)N1c1cccc(Cl)c1Br. The highest BCUT2D eigenvalue weighted by Crippen LogP contribution is 2.34. The molecule has 2 rings (SSSR count). The Hall–Kier alpha value is -1.13. The summed E-state index contributed by atoms with van der Waals surface area (Å²) in [6.45, 7) is 0. The molecular weight excluding hydrogens is 281 g/mol. The predicted molar refractivity (Wildman–Crippen MR) is 60.8 cm³/mol. The zero-order chi connectivity index (χ0) is 11.0. The maximum atomic E-state index is 11.4. The Balaban J connectivity index is 2.51. The van der Waals surface area contributed by atoms with Crippen LogP contribution in [0.25, 0.3) is 0 Å². The van der Waals surface area contributed by atoms with Gasteiger partial charge in [-0.2, -0.15) is 0 Å². The lowest BCUT2D eigenvalue weighted by Gasteiger charge is -2.15. The molecule has 3 nitrogen and oxygen atoms in total. The maximum Gasteiger partial charge on any atom is 0.258 e. The first-order chi connectivity index (χ1) is 7.11. The Morgan fingerprint density at radius 2 is 1.73 bits per heavy atom. The molecule has 0 spiro atoms. The number of anilines is 1. The molecule has 0 radical (unpaired) electrons. The van der Waals surface area contributed by atoms with Crippen LogP contribution in [0.15, 0.2) is 34.8 Å². The molecule has 1 aliphatic rings. The van der Waals surface area contributed by atoms with Crippen molar-refractivity contribution in [3.63, 3.8) is 0 Å². The molecule has 0 bridgehead atoms. The number of rotatable bonds is 1. The van der Waals surface area contributed by atoms with Gasteiger partial charge < -0.3 is 0 Å². The van der Waals surface area contributed by atoms with Crippen molar-refractivity contribution in [3.05, 3.63) is 39.8 Å². The summed E-state index contributed by atoms with van der Waals surface area (Å²) in [6, 6.07) is 5.01. The van der Waals surface area contributed by atoms with Crippen molar-refractivity contribution in [3.8, 4) is 0 Å². The second-order valence-electron chi connectivity index (χ2n) is 2.92. The number of hydrogen-bond acceptors (Lipinski definition) is 2. The minimum absolute atomic E-state index is 0.358. The van der Waals surface area contributed by atoms with Crippen LogP contribution in [-0.4, -0.2) is 11.8 Å². The van der Waals surface area contributed by atoms with Gasteiger partial charge in [-0.1, -0.05) is 17.7 Å². The van der Waals surface area contributed by atoms with Gasteiger partial charge in [0.1, 0.15) is 0 Å². The van der Waals surface area contributed by atoms with Gasteiger partial charge in [0.25, 0.3) is 11.8 Å². The van der Waals surface area contributed by atoms with Crippen molar-refractivity contribution in [1.82, 2.24) is 0 Å². The van der Waals surface area contributed by atoms with Crippen molar-refractivity contribution >= 4 is 45.0 Å². The van der Waals surface area contributed by atoms with Gasteiger partial charge in [0.15, 0.2) is 0 Å². The fraction of sp³-hybridized carbons (Fsp3) is 0. The summed E-state index contributed by atoms with van der Waals surface area (Å²) in [7, 11) is 0.